The second-order valence-electron chi connectivity index (χ2n) is 4.84. The summed E-state index contributed by atoms with van der Waals surface area (Å²) in [6.07, 6.45) is 1.48. The Balaban J connectivity index is 2.27. The number of halogens is 2. The molecule has 1 aromatic rings. The van der Waals surface area contributed by atoms with Crippen molar-refractivity contribution in [1.82, 2.24) is 0 Å². The number of hydrogen-bond acceptors (Lipinski definition) is 4. The van der Waals surface area contributed by atoms with E-state index in [1.165, 1.54) is 12.1 Å². The Bertz CT molecular complexity index is 518. The van der Waals surface area contributed by atoms with E-state index < -0.39 is 16.3 Å². The van der Waals surface area contributed by atoms with Crippen molar-refractivity contribution in [3.05, 3.63) is 31.6 Å². The lowest BCUT2D eigenvalue weighted by Gasteiger charge is -2.47. The summed E-state index contributed by atoms with van der Waals surface area (Å²) in [7, 11) is 0. The largest absolute Gasteiger partial charge is 0.386 e. The second kappa shape index (κ2) is 5.20. The molecule has 1 saturated heterocycles. The van der Waals surface area contributed by atoms with Crippen molar-refractivity contribution >= 4 is 34.0 Å². The number of anilines is 1. The van der Waals surface area contributed by atoms with Crippen LogP contribution >= 0.6 is 22.6 Å². The number of hydrogen-bond donors (Lipinski definition) is 1. The van der Waals surface area contributed by atoms with Gasteiger partial charge in [-0.2, -0.15) is 0 Å². The van der Waals surface area contributed by atoms with Crippen molar-refractivity contribution in [1.29, 1.82) is 0 Å². The zero-order valence-electron chi connectivity index (χ0n) is 10.4. The standard InChI is InChI=1S/C12H14FIN2O3/c1-2-3-12(17)6-15(7-12)10-4-8(13)9(14)5-11(10)16(18)19/h4-5,17H,2-3,6-7H2,1H3. The summed E-state index contributed by atoms with van der Waals surface area (Å²) in [4.78, 5) is 12.1. The predicted molar refractivity (Wildman–Crippen MR) is 77.8 cm³/mol. The highest BCUT2D eigenvalue weighted by molar-refractivity contribution is 14.1. The first kappa shape index (κ1) is 14.4. The van der Waals surface area contributed by atoms with Gasteiger partial charge in [0.1, 0.15) is 11.5 Å². The van der Waals surface area contributed by atoms with Gasteiger partial charge >= 0.3 is 0 Å². The third-order valence-corrected chi connectivity index (χ3v) is 4.07. The monoisotopic (exact) mass is 380 g/mol. The number of nitro groups is 1. The molecule has 7 heteroatoms. The molecule has 5 nitrogen and oxygen atoms in total. The fourth-order valence-electron chi connectivity index (χ4n) is 2.38. The molecule has 2 rings (SSSR count). The summed E-state index contributed by atoms with van der Waals surface area (Å²) in [5.74, 6) is -0.480. The number of β-amino-alcohol motifs (C(OH)–C–C–N with tert-alkyl or cyclic N) is 1. The van der Waals surface area contributed by atoms with Gasteiger partial charge in [0.2, 0.25) is 0 Å². The third-order valence-electron chi connectivity index (χ3n) is 3.24. The van der Waals surface area contributed by atoms with Gasteiger partial charge in [-0.3, -0.25) is 10.1 Å². The molecule has 1 heterocycles. The Morgan fingerprint density at radius 1 is 1.58 bits per heavy atom. The molecular formula is C12H14FIN2O3. The lowest BCUT2D eigenvalue weighted by molar-refractivity contribution is -0.384. The van der Waals surface area contributed by atoms with Crippen LogP contribution in [0.2, 0.25) is 0 Å². The molecule has 1 aliphatic heterocycles. The third kappa shape index (κ3) is 2.81. The van der Waals surface area contributed by atoms with Crippen LogP contribution in [0.25, 0.3) is 0 Å². The molecule has 1 aromatic carbocycles. The van der Waals surface area contributed by atoms with Crippen LogP contribution in [0.3, 0.4) is 0 Å². The smallest absolute Gasteiger partial charge is 0.293 e. The van der Waals surface area contributed by atoms with Gasteiger partial charge in [0.25, 0.3) is 5.69 Å². The zero-order valence-corrected chi connectivity index (χ0v) is 12.6. The maximum atomic E-state index is 13.6. The number of nitrogens with zero attached hydrogens (tertiary/aromatic N) is 2. The van der Waals surface area contributed by atoms with Gasteiger partial charge in [0.15, 0.2) is 0 Å². The summed E-state index contributed by atoms with van der Waals surface area (Å²) >= 11 is 1.73. The molecule has 104 valence electrons. The van der Waals surface area contributed by atoms with E-state index in [2.05, 4.69) is 0 Å². The Kier molecular flexibility index (Phi) is 3.95. The molecule has 19 heavy (non-hydrogen) atoms. The molecule has 1 fully saturated rings. The normalized spacial score (nSPS) is 17.2. The Morgan fingerprint density at radius 2 is 2.21 bits per heavy atom. The average molecular weight is 380 g/mol. The van der Waals surface area contributed by atoms with Crippen molar-refractivity contribution in [3.8, 4) is 0 Å². The molecule has 0 amide bonds. The fourth-order valence-corrected chi connectivity index (χ4v) is 2.83. The minimum absolute atomic E-state index is 0.121. The Hall–Kier alpha value is -0.960. The molecule has 0 radical (unpaired) electrons. The van der Waals surface area contributed by atoms with Crippen molar-refractivity contribution in [2.24, 2.45) is 0 Å². The molecular weight excluding hydrogens is 366 g/mol. The van der Waals surface area contributed by atoms with Crippen LogP contribution < -0.4 is 4.90 Å². The van der Waals surface area contributed by atoms with Gasteiger partial charge in [-0.25, -0.2) is 4.39 Å². The Morgan fingerprint density at radius 3 is 2.74 bits per heavy atom. The molecule has 0 aliphatic carbocycles. The topological polar surface area (TPSA) is 66.6 Å². The van der Waals surface area contributed by atoms with Crippen LogP contribution in [0, 0.1) is 19.5 Å². The molecule has 0 unspecified atom stereocenters. The second-order valence-corrected chi connectivity index (χ2v) is 6.00. The SMILES string of the molecule is CCCC1(O)CN(c2cc(F)c(I)cc2[N+](=O)[O-])C1. The van der Waals surface area contributed by atoms with Crippen LogP contribution in [0.15, 0.2) is 12.1 Å². The van der Waals surface area contributed by atoms with Gasteiger partial charge in [-0.05, 0) is 29.0 Å². The van der Waals surface area contributed by atoms with Crippen LogP contribution in [0.1, 0.15) is 19.8 Å². The molecule has 0 saturated carbocycles. The quantitative estimate of drug-likeness (QED) is 0.496. The van der Waals surface area contributed by atoms with E-state index in [1.807, 2.05) is 6.92 Å². The maximum absolute atomic E-state index is 13.6. The molecule has 1 aliphatic rings. The van der Waals surface area contributed by atoms with Crippen LogP contribution in [0.4, 0.5) is 15.8 Å². The first-order chi connectivity index (χ1) is 8.86. The summed E-state index contributed by atoms with van der Waals surface area (Å²) in [5, 5.41) is 21.1. The minimum atomic E-state index is -0.803. The fraction of sp³-hybridized carbons (Fsp3) is 0.500. The highest BCUT2D eigenvalue weighted by Gasteiger charge is 2.42. The van der Waals surface area contributed by atoms with Crippen molar-refractivity contribution in [2.45, 2.75) is 25.4 Å². The van der Waals surface area contributed by atoms with Crippen LogP contribution in [-0.2, 0) is 0 Å². The van der Waals surface area contributed by atoms with E-state index in [1.54, 1.807) is 27.5 Å². The summed E-state index contributed by atoms with van der Waals surface area (Å²) < 4.78 is 13.8. The van der Waals surface area contributed by atoms with Crippen molar-refractivity contribution in [2.75, 3.05) is 18.0 Å². The summed E-state index contributed by atoms with van der Waals surface area (Å²) in [6, 6.07) is 2.40. The first-order valence-electron chi connectivity index (χ1n) is 5.97. The van der Waals surface area contributed by atoms with Gasteiger partial charge in [0, 0.05) is 25.2 Å². The number of nitro benzene ring substituents is 1. The van der Waals surface area contributed by atoms with E-state index in [9.17, 15) is 19.6 Å². The average Bonchev–Trinajstić information content (AvgIpc) is 2.29. The van der Waals surface area contributed by atoms with E-state index in [4.69, 9.17) is 0 Å². The number of aliphatic hydroxyl groups is 1. The van der Waals surface area contributed by atoms with Crippen LogP contribution in [0.5, 0.6) is 0 Å². The minimum Gasteiger partial charge on any atom is -0.386 e. The van der Waals surface area contributed by atoms with E-state index >= 15 is 0 Å². The van der Waals surface area contributed by atoms with Crippen LogP contribution in [-0.4, -0.2) is 28.7 Å². The van der Waals surface area contributed by atoms with Gasteiger partial charge in [0.05, 0.1) is 14.1 Å². The van der Waals surface area contributed by atoms with E-state index in [-0.39, 0.29) is 14.9 Å². The maximum Gasteiger partial charge on any atom is 0.293 e. The molecule has 0 spiro atoms. The van der Waals surface area contributed by atoms with Gasteiger partial charge in [-0.1, -0.05) is 13.3 Å². The number of rotatable bonds is 4. The molecule has 1 N–H and O–H groups in total. The highest BCUT2D eigenvalue weighted by atomic mass is 127. The summed E-state index contributed by atoms with van der Waals surface area (Å²) in [6.45, 7) is 2.58. The van der Waals surface area contributed by atoms with E-state index in [0.29, 0.717) is 19.5 Å². The van der Waals surface area contributed by atoms with Crippen molar-refractivity contribution < 1.29 is 14.4 Å². The Labute approximate surface area is 123 Å². The van der Waals surface area contributed by atoms with E-state index in [0.717, 1.165) is 6.42 Å². The van der Waals surface area contributed by atoms with Crippen molar-refractivity contribution in [3.63, 3.8) is 0 Å². The first-order valence-corrected chi connectivity index (χ1v) is 7.05. The van der Waals surface area contributed by atoms with Gasteiger partial charge in [-0.15, -0.1) is 0 Å². The molecule has 0 bridgehead atoms. The lowest BCUT2D eigenvalue weighted by atomic mass is 9.88. The van der Waals surface area contributed by atoms with Gasteiger partial charge < -0.3 is 10.0 Å². The molecule has 0 aromatic heterocycles. The summed E-state index contributed by atoms with van der Waals surface area (Å²) in [5.41, 5.74) is -0.685. The molecule has 0 atom stereocenters. The highest BCUT2D eigenvalue weighted by Crippen LogP contribution is 2.38. The predicted octanol–water partition coefficient (Wildman–Crippen LogP) is 2.69. The lowest BCUT2D eigenvalue weighted by Crippen LogP contribution is -2.62. The number of benzene rings is 1. The zero-order chi connectivity index (χ0) is 14.2.